The summed E-state index contributed by atoms with van der Waals surface area (Å²) in [5.74, 6) is 2.41. The largest absolute Gasteiger partial charge is 0.497 e. The van der Waals surface area contributed by atoms with E-state index in [1.165, 1.54) is 12.8 Å². The van der Waals surface area contributed by atoms with E-state index < -0.39 is 0 Å². The zero-order valence-corrected chi connectivity index (χ0v) is 14.5. The van der Waals surface area contributed by atoms with E-state index in [1.54, 1.807) is 14.2 Å². The fourth-order valence-corrected chi connectivity index (χ4v) is 2.98. The van der Waals surface area contributed by atoms with Crippen LogP contribution in [0, 0.1) is 5.92 Å². The van der Waals surface area contributed by atoms with Crippen LogP contribution < -0.4 is 14.8 Å². The molecule has 2 N–H and O–H groups in total. The number of aliphatic hydroxyl groups is 1. The average Bonchev–Trinajstić information content (AvgIpc) is 2.57. The Hall–Kier alpha value is -1.30. The first-order valence-electron chi connectivity index (χ1n) is 8.44. The second-order valence-corrected chi connectivity index (χ2v) is 6.45. The molecular formula is C18H30N2O3. The molecule has 0 saturated carbocycles. The fourth-order valence-electron chi connectivity index (χ4n) is 2.98. The lowest BCUT2D eigenvalue weighted by Crippen LogP contribution is -2.41. The van der Waals surface area contributed by atoms with Gasteiger partial charge in [0.25, 0.3) is 0 Å². The Labute approximate surface area is 139 Å². The molecule has 0 bridgehead atoms. The minimum absolute atomic E-state index is 0.340. The predicted molar refractivity (Wildman–Crippen MR) is 92.1 cm³/mol. The number of aliphatic hydroxyl groups excluding tert-OH is 1. The molecule has 1 aliphatic heterocycles. The minimum atomic E-state index is -0.340. The van der Waals surface area contributed by atoms with Crippen LogP contribution in [-0.4, -0.2) is 56.5 Å². The zero-order valence-electron chi connectivity index (χ0n) is 14.5. The summed E-state index contributed by atoms with van der Waals surface area (Å²) in [6.07, 6.45) is 2.14. The molecule has 23 heavy (non-hydrogen) atoms. The third-order valence-electron chi connectivity index (χ3n) is 4.53. The van der Waals surface area contributed by atoms with Crippen molar-refractivity contribution in [2.45, 2.75) is 32.4 Å². The molecular weight excluding hydrogens is 292 g/mol. The second kappa shape index (κ2) is 9.11. The second-order valence-electron chi connectivity index (χ2n) is 6.45. The number of ether oxygens (including phenoxy) is 2. The van der Waals surface area contributed by atoms with E-state index >= 15 is 0 Å². The van der Waals surface area contributed by atoms with Gasteiger partial charge in [0.2, 0.25) is 0 Å². The van der Waals surface area contributed by atoms with Gasteiger partial charge in [-0.05, 0) is 37.9 Å². The van der Waals surface area contributed by atoms with E-state index in [0.717, 1.165) is 42.6 Å². The summed E-state index contributed by atoms with van der Waals surface area (Å²) in [7, 11) is 3.30. The first-order valence-corrected chi connectivity index (χ1v) is 8.44. The molecule has 0 aliphatic carbocycles. The molecule has 5 nitrogen and oxygen atoms in total. The van der Waals surface area contributed by atoms with Crippen molar-refractivity contribution < 1.29 is 14.6 Å². The van der Waals surface area contributed by atoms with E-state index in [2.05, 4.69) is 17.1 Å². The van der Waals surface area contributed by atoms with Crippen LogP contribution >= 0.6 is 0 Å². The number of hydrogen-bond acceptors (Lipinski definition) is 5. The molecule has 1 fully saturated rings. The van der Waals surface area contributed by atoms with Crippen LogP contribution in [0.3, 0.4) is 0 Å². The van der Waals surface area contributed by atoms with Crippen molar-refractivity contribution in [2.75, 3.05) is 40.4 Å². The average molecular weight is 322 g/mol. The third kappa shape index (κ3) is 5.68. The summed E-state index contributed by atoms with van der Waals surface area (Å²) < 4.78 is 10.6. The van der Waals surface area contributed by atoms with Gasteiger partial charge in [0, 0.05) is 31.3 Å². The van der Waals surface area contributed by atoms with Gasteiger partial charge in [-0.2, -0.15) is 0 Å². The van der Waals surface area contributed by atoms with Gasteiger partial charge in [-0.1, -0.05) is 13.0 Å². The first kappa shape index (κ1) is 18.0. The van der Waals surface area contributed by atoms with Crippen molar-refractivity contribution >= 4 is 0 Å². The Morgan fingerprint density at radius 1 is 1.26 bits per heavy atom. The topological polar surface area (TPSA) is 54.0 Å². The van der Waals surface area contributed by atoms with Crippen molar-refractivity contribution in [3.63, 3.8) is 0 Å². The molecule has 1 aromatic carbocycles. The van der Waals surface area contributed by atoms with Gasteiger partial charge in [-0.15, -0.1) is 0 Å². The smallest absolute Gasteiger partial charge is 0.127 e. The van der Waals surface area contributed by atoms with Gasteiger partial charge >= 0.3 is 0 Å². The van der Waals surface area contributed by atoms with Gasteiger partial charge in [0.15, 0.2) is 0 Å². The highest BCUT2D eigenvalue weighted by molar-refractivity contribution is 5.40. The number of benzene rings is 1. The lowest BCUT2D eigenvalue weighted by Gasteiger charge is -2.31. The molecule has 1 atom stereocenters. The number of nitrogens with zero attached hydrogens (tertiary/aromatic N) is 1. The molecule has 1 aromatic rings. The predicted octanol–water partition coefficient (Wildman–Crippen LogP) is 1.89. The maximum Gasteiger partial charge on any atom is 0.127 e. The van der Waals surface area contributed by atoms with Gasteiger partial charge in [0.05, 0.1) is 20.3 Å². The van der Waals surface area contributed by atoms with Crippen molar-refractivity contribution in [1.29, 1.82) is 0 Å². The van der Waals surface area contributed by atoms with E-state index in [-0.39, 0.29) is 6.10 Å². The van der Waals surface area contributed by atoms with Crippen LogP contribution in [0.1, 0.15) is 25.3 Å². The number of hydrogen-bond donors (Lipinski definition) is 2. The summed E-state index contributed by atoms with van der Waals surface area (Å²) in [5, 5.41) is 13.5. The minimum Gasteiger partial charge on any atom is -0.497 e. The molecule has 0 spiro atoms. The molecule has 130 valence electrons. The Bertz CT molecular complexity index is 473. The Morgan fingerprint density at radius 3 is 2.65 bits per heavy atom. The Kier molecular flexibility index (Phi) is 7.15. The monoisotopic (exact) mass is 322 g/mol. The SMILES string of the molecule is COc1ccc(CNCC(O)CN2CCC(C)CC2)c(OC)c1. The summed E-state index contributed by atoms with van der Waals surface area (Å²) in [6.45, 7) is 6.51. The normalized spacial score (nSPS) is 17.9. The van der Waals surface area contributed by atoms with Crippen LogP contribution in [-0.2, 0) is 6.54 Å². The zero-order chi connectivity index (χ0) is 16.7. The van der Waals surface area contributed by atoms with Crippen molar-refractivity contribution in [2.24, 2.45) is 5.92 Å². The maximum absolute atomic E-state index is 10.2. The molecule has 1 heterocycles. The highest BCUT2D eigenvalue weighted by Crippen LogP contribution is 2.24. The standard InChI is InChI=1S/C18H30N2O3/c1-14-6-8-20(9-7-14)13-16(21)12-19-11-15-4-5-17(22-2)10-18(15)23-3/h4-5,10,14,16,19,21H,6-9,11-13H2,1-3H3. The van der Waals surface area contributed by atoms with E-state index in [1.807, 2.05) is 18.2 Å². The summed E-state index contributed by atoms with van der Waals surface area (Å²) in [6, 6.07) is 5.79. The van der Waals surface area contributed by atoms with Crippen molar-refractivity contribution in [1.82, 2.24) is 10.2 Å². The molecule has 2 rings (SSSR count). The highest BCUT2D eigenvalue weighted by Gasteiger charge is 2.18. The Balaban J connectivity index is 1.74. The molecule has 5 heteroatoms. The third-order valence-corrected chi connectivity index (χ3v) is 4.53. The quantitative estimate of drug-likeness (QED) is 0.765. The van der Waals surface area contributed by atoms with Crippen LogP contribution in [0.5, 0.6) is 11.5 Å². The number of nitrogens with one attached hydrogen (secondary N) is 1. The van der Waals surface area contributed by atoms with E-state index in [0.29, 0.717) is 13.1 Å². The summed E-state index contributed by atoms with van der Waals surface area (Å²) >= 11 is 0. The van der Waals surface area contributed by atoms with Crippen LogP contribution in [0.25, 0.3) is 0 Å². The molecule has 1 saturated heterocycles. The number of piperidine rings is 1. The fraction of sp³-hybridized carbons (Fsp3) is 0.667. The molecule has 1 aliphatic rings. The van der Waals surface area contributed by atoms with Crippen LogP contribution in [0.2, 0.25) is 0 Å². The van der Waals surface area contributed by atoms with E-state index in [9.17, 15) is 5.11 Å². The van der Waals surface area contributed by atoms with Crippen LogP contribution in [0.15, 0.2) is 18.2 Å². The summed E-state index contributed by atoms with van der Waals surface area (Å²) in [4.78, 5) is 2.36. The molecule has 0 radical (unpaired) electrons. The first-order chi connectivity index (χ1) is 11.1. The highest BCUT2D eigenvalue weighted by atomic mass is 16.5. The lowest BCUT2D eigenvalue weighted by molar-refractivity contribution is 0.0906. The molecule has 0 aromatic heterocycles. The van der Waals surface area contributed by atoms with Crippen molar-refractivity contribution in [3.05, 3.63) is 23.8 Å². The molecule has 1 unspecified atom stereocenters. The van der Waals surface area contributed by atoms with E-state index in [4.69, 9.17) is 9.47 Å². The van der Waals surface area contributed by atoms with Gasteiger partial charge < -0.3 is 24.8 Å². The Morgan fingerprint density at radius 2 is 2.00 bits per heavy atom. The van der Waals surface area contributed by atoms with Gasteiger partial charge in [0.1, 0.15) is 11.5 Å². The summed E-state index contributed by atoms with van der Waals surface area (Å²) in [5.41, 5.74) is 1.06. The number of methoxy groups -OCH3 is 2. The number of rotatable bonds is 8. The maximum atomic E-state index is 10.2. The number of β-amino-alcohol motifs (C(OH)–C–C–N with tert-alkyl or cyclic N) is 1. The number of likely N-dealkylation sites (tertiary alicyclic amines) is 1. The van der Waals surface area contributed by atoms with Crippen LogP contribution in [0.4, 0.5) is 0 Å². The van der Waals surface area contributed by atoms with Gasteiger partial charge in [-0.25, -0.2) is 0 Å². The van der Waals surface area contributed by atoms with Gasteiger partial charge in [-0.3, -0.25) is 0 Å². The molecule has 0 amide bonds. The lowest BCUT2D eigenvalue weighted by atomic mass is 9.99. The van der Waals surface area contributed by atoms with Crippen molar-refractivity contribution in [3.8, 4) is 11.5 Å².